The summed E-state index contributed by atoms with van der Waals surface area (Å²) in [6.45, 7) is 4.54. The Labute approximate surface area is 122 Å². The molecule has 0 aliphatic rings. The second-order valence-electron chi connectivity index (χ2n) is 4.53. The minimum absolute atomic E-state index is 0.125. The van der Waals surface area contributed by atoms with Gasteiger partial charge in [0.15, 0.2) is 11.5 Å². The predicted molar refractivity (Wildman–Crippen MR) is 80.7 cm³/mol. The Kier molecular flexibility index (Phi) is 4.86. The normalized spacial score (nSPS) is 10.5. The average molecular weight is 321 g/mol. The van der Waals surface area contributed by atoms with Crippen LogP contribution in [0.1, 0.15) is 19.4 Å². The summed E-state index contributed by atoms with van der Waals surface area (Å²) in [4.78, 5) is 0. The number of ether oxygens (including phenoxy) is 2. The Morgan fingerprint density at radius 3 is 2.42 bits per heavy atom. The van der Waals surface area contributed by atoms with Crippen LogP contribution in [0.25, 0.3) is 0 Å². The van der Waals surface area contributed by atoms with E-state index < -0.39 is 0 Å². The first-order valence-electron chi connectivity index (χ1n) is 6.28. The number of hydrogen-bond acceptors (Lipinski definition) is 2. The van der Waals surface area contributed by atoms with E-state index in [1.807, 2.05) is 62.4 Å². The van der Waals surface area contributed by atoms with Gasteiger partial charge < -0.3 is 9.47 Å². The van der Waals surface area contributed by atoms with Gasteiger partial charge in [0, 0.05) is 4.47 Å². The third kappa shape index (κ3) is 4.28. The molecule has 2 rings (SSSR count). The molecule has 0 saturated heterocycles. The molecule has 0 amide bonds. The summed E-state index contributed by atoms with van der Waals surface area (Å²) in [5, 5.41) is 0. The highest BCUT2D eigenvalue weighted by atomic mass is 79.9. The molecule has 2 aromatic rings. The highest BCUT2D eigenvalue weighted by Crippen LogP contribution is 2.31. The molecule has 0 radical (unpaired) electrons. The van der Waals surface area contributed by atoms with E-state index in [1.54, 1.807) is 0 Å². The van der Waals surface area contributed by atoms with E-state index in [2.05, 4.69) is 15.9 Å². The van der Waals surface area contributed by atoms with Crippen LogP contribution in [0.2, 0.25) is 0 Å². The van der Waals surface area contributed by atoms with Crippen LogP contribution in [-0.4, -0.2) is 6.10 Å². The molecular weight excluding hydrogens is 304 g/mol. The largest absolute Gasteiger partial charge is 0.487 e. The molecule has 0 heterocycles. The maximum absolute atomic E-state index is 5.85. The lowest BCUT2D eigenvalue weighted by atomic mass is 10.2. The molecule has 0 atom stereocenters. The molecular formula is C16H17BrO2. The van der Waals surface area contributed by atoms with Crippen LogP contribution in [0.3, 0.4) is 0 Å². The zero-order valence-electron chi connectivity index (χ0n) is 11.1. The van der Waals surface area contributed by atoms with Crippen molar-refractivity contribution in [1.29, 1.82) is 0 Å². The molecule has 0 spiro atoms. The lowest BCUT2D eigenvalue weighted by molar-refractivity contribution is 0.218. The van der Waals surface area contributed by atoms with Gasteiger partial charge >= 0.3 is 0 Å². The molecule has 0 aliphatic carbocycles. The number of hydrogen-bond donors (Lipinski definition) is 0. The van der Waals surface area contributed by atoms with Crippen LogP contribution in [-0.2, 0) is 6.61 Å². The van der Waals surface area contributed by atoms with Crippen molar-refractivity contribution in [3.05, 3.63) is 58.6 Å². The zero-order chi connectivity index (χ0) is 13.7. The zero-order valence-corrected chi connectivity index (χ0v) is 12.7. The van der Waals surface area contributed by atoms with Gasteiger partial charge in [-0.2, -0.15) is 0 Å². The Balaban J connectivity index is 2.12. The van der Waals surface area contributed by atoms with Crippen molar-refractivity contribution in [1.82, 2.24) is 0 Å². The maximum atomic E-state index is 5.85. The Morgan fingerprint density at radius 1 is 1.00 bits per heavy atom. The van der Waals surface area contributed by atoms with Crippen LogP contribution >= 0.6 is 15.9 Å². The fraction of sp³-hybridized carbons (Fsp3) is 0.250. The van der Waals surface area contributed by atoms with Crippen molar-refractivity contribution in [3.63, 3.8) is 0 Å². The highest BCUT2D eigenvalue weighted by Gasteiger charge is 2.08. The molecule has 0 N–H and O–H groups in total. The molecule has 0 unspecified atom stereocenters. The summed E-state index contributed by atoms with van der Waals surface area (Å²) in [7, 11) is 0. The standard InChI is InChI=1S/C16H17BrO2/c1-12(2)19-15-9-8-14(17)10-16(15)18-11-13-6-4-3-5-7-13/h3-10,12H,11H2,1-2H3. The van der Waals surface area contributed by atoms with E-state index in [1.165, 1.54) is 0 Å². The highest BCUT2D eigenvalue weighted by molar-refractivity contribution is 9.10. The van der Waals surface area contributed by atoms with Crippen LogP contribution < -0.4 is 9.47 Å². The second kappa shape index (κ2) is 6.62. The summed E-state index contributed by atoms with van der Waals surface area (Å²) < 4.78 is 12.6. The molecule has 0 bridgehead atoms. The maximum Gasteiger partial charge on any atom is 0.162 e. The average Bonchev–Trinajstić information content (AvgIpc) is 2.40. The fourth-order valence-electron chi connectivity index (χ4n) is 1.68. The summed E-state index contributed by atoms with van der Waals surface area (Å²) in [6.07, 6.45) is 0.125. The quantitative estimate of drug-likeness (QED) is 0.786. The second-order valence-corrected chi connectivity index (χ2v) is 5.45. The van der Waals surface area contributed by atoms with Gasteiger partial charge in [-0.15, -0.1) is 0 Å². The fourth-order valence-corrected chi connectivity index (χ4v) is 2.02. The van der Waals surface area contributed by atoms with Gasteiger partial charge in [-0.05, 0) is 37.6 Å². The first-order chi connectivity index (χ1) is 9.15. The van der Waals surface area contributed by atoms with E-state index >= 15 is 0 Å². The first kappa shape index (κ1) is 13.9. The monoisotopic (exact) mass is 320 g/mol. The smallest absolute Gasteiger partial charge is 0.162 e. The molecule has 100 valence electrons. The minimum atomic E-state index is 0.125. The molecule has 0 fully saturated rings. The molecule has 19 heavy (non-hydrogen) atoms. The molecule has 2 nitrogen and oxygen atoms in total. The van der Waals surface area contributed by atoms with E-state index in [9.17, 15) is 0 Å². The predicted octanol–water partition coefficient (Wildman–Crippen LogP) is 4.82. The molecule has 2 aromatic carbocycles. The lowest BCUT2D eigenvalue weighted by Crippen LogP contribution is -2.07. The number of rotatable bonds is 5. The van der Waals surface area contributed by atoms with E-state index in [4.69, 9.17) is 9.47 Å². The van der Waals surface area contributed by atoms with Crippen molar-refractivity contribution in [2.24, 2.45) is 0 Å². The van der Waals surface area contributed by atoms with Gasteiger partial charge in [0.05, 0.1) is 6.10 Å². The molecule has 0 aliphatic heterocycles. The van der Waals surface area contributed by atoms with Crippen molar-refractivity contribution in [3.8, 4) is 11.5 Å². The van der Waals surface area contributed by atoms with Gasteiger partial charge in [0.2, 0.25) is 0 Å². The Bertz CT molecular complexity index is 524. The molecule has 0 aromatic heterocycles. The summed E-state index contributed by atoms with van der Waals surface area (Å²) in [5.74, 6) is 1.53. The van der Waals surface area contributed by atoms with Crippen molar-refractivity contribution >= 4 is 15.9 Å². The van der Waals surface area contributed by atoms with Crippen molar-refractivity contribution < 1.29 is 9.47 Å². The topological polar surface area (TPSA) is 18.5 Å². The molecule has 3 heteroatoms. The van der Waals surface area contributed by atoms with Crippen LogP contribution in [0, 0.1) is 0 Å². The SMILES string of the molecule is CC(C)Oc1ccc(Br)cc1OCc1ccccc1. The van der Waals surface area contributed by atoms with Gasteiger partial charge in [0.1, 0.15) is 6.61 Å². The van der Waals surface area contributed by atoms with Crippen molar-refractivity contribution in [2.75, 3.05) is 0 Å². The van der Waals surface area contributed by atoms with Gasteiger partial charge in [-0.1, -0.05) is 46.3 Å². The van der Waals surface area contributed by atoms with Crippen LogP contribution in [0.5, 0.6) is 11.5 Å². The Morgan fingerprint density at radius 2 is 1.74 bits per heavy atom. The molecule has 0 saturated carbocycles. The van der Waals surface area contributed by atoms with E-state index in [0.717, 1.165) is 21.5 Å². The van der Waals surface area contributed by atoms with E-state index in [-0.39, 0.29) is 6.10 Å². The van der Waals surface area contributed by atoms with Gasteiger partial charge in [-0.3, -0.25) is 0 Å². The van der Waals surface area contributed by atoms with Gasteiger partial charge in [-0.25, -0.2) is 0 Å². The lowest BCUT2D eigenvalue weighted by Gasteiger charge is -2.15. The first-order valence-corrected chi connectivity index (χ1v) is 7.07. The van der Waals surface area contributed by atoms with Crippen LogP contribution in [0.15, 0.2) is 53.0 Å². The van der Waals surface area contributed by atoms with Crippen LogP contribution in [0.4, 0.5) is 0 Å². The number of halogens is 1. The van der Waals surface area contributed by atoms with E-state index in [0.29, 0.717) is 6.61 Å². The minimum Gasteiger partial charge on any atom is -0.487 e. The summed E-state index contributed by atoms with van der Waals surface area (Å²) in [5.41, 5.74) is 1.14. The Hall–Kier alpha value is -1.48. The summed E-state index contributed by atoms with van der Waals surface area (Å²) >= 11 is 3.45. The van der Waals surface area contributed by atoms with Gasteiger partial charge in [0.25, 0.3) is 0 Å². The third-order valence-corrected chi connectivity index (χ3v) is 3.00. The van der Waals surface area contributed by atoms with Crippen molar-refractivity contribution in [2.45, 2.75) is 26.6 Å². The third-order valence-electron chi connectivity index (χ3n) is 2.51. The number of benzene rings is 2. The summed E-state index contributed by atoms with van der Waals surface area (Å²) in [6, 6.07) is 15.9.